The number of nitrogens with zero attached hydrogens (tertiary/aromatic N) is 1. The molecule has 25 heavy (non-hydrogen) atoms. The third-order valence-electron chi connectivity index (χ3n) is 4.33. The molecule has 0 heterocycles. The van der Waals surface area contributed by atoms with Crippen molar-refractivity contribution in [1.29, 1.82) is 0 Å². The lowest BCUT2D eigenvalue weighted by atomic mass is 10.1. The van der Waals surface area contributed by atoms with Gasteiger partial charge >= 0.3 is 5.97 Å². The van der Waals surface area contributed by atoms with E-state index < -0.39 is 27.2 Å². The first kappa shape index (κ1) is 19.3. The van der Waals surface area contributed by atoms with E-state index in [0.29, 0.717) is 19.3 Å². The van der Waals surface area contributed by atoms with Crippen LogP contribution in [0.4, 0.5) is 4.39 Å². The molecular weight excluding hydrogens is 351 g/mol. The minimum Gasteiger partial charge on any atom is -0.481 e. The zero-order valence-corrected chi connectivity index (χ0v) is 14.7. The summed E-state index contributed by atoms with van der Waals surface area (Å²) in [7, 11) is -2.34. The molecule has 0 radical (unpaired) electrons. The fourth-order valence-corrected chi connectivity index (χ4v) is 3.55. The van der Waals surface area contributed by atoms with Crippen molar-refractivity contribution in [3.63, 3.8) is 0 Å². The monoisotopic (exact) mass is 372 g/mol. The largest absolute Gasteiger partial charge is 0.481 e. The summed E-state index contributed by atoms with van der Waals surface area (Å²) in [5.74, 6) is -1.73. The van der Waals surface area contributed by atoms with Crippen molar-refractivity contribution < 1.29 is 27.5 Å². The molecule has 2 N–H and O–H groups in total. The van der Waals surface area contributed by atoms with Crippen molar-refractivity contribution in [3.8, 4) is 0 Å². The molecular formula is C16H21FN2O5S. The number of amides is 1. The van der Waals surface area contributed by atoms with E-state index in [1.165, 1.54) is 19.2 Å². The number of nitrogens with one attached hydrogen (secondary N) is 1. The second kappa shape index (κ2) is 7.49. The quantitative estimate of drug-likeness (QED) is 0.678. The van der Waals surface area contributed by atoms with Gasteiger partial charge in [0.1, 0.15) is 5.82 Å². The van der Waals surface area contributed by atoms with Crippen LogP contribution >= 0.6 is 0 Å². The molecule has 1 aliphatic rings. The number of rotatable bonds is 9. The Balaban J connectivity index is 1.77. The highest BCUT2D eigenvalue weighted by Crippen LogP contribution is 2.45. The molecule has 1 aliphatic carbocycles. The number of hydrogen-bond acceptors (Lipinski definition) is 4. The predicted molar refractivity (Wildman–Crippen MR) is 87.8 cm³/mol. The van der Waals surface area contributed by atoms with Gasteiger partial charge in [-0.2, -0.15) is 0 Å². The molecule has 2 rings (SSSR count). The molecule has 9 heteroatoms. The number of halogens is 1. The van der Waals surface area contributed by atoms with Crippen LogP contribution in [0.5, 0.6) is 0 Å². The van der Waals surface area contributed by atoms with E-state index in [-0.39, 0.29) is 30.3 Å². The van der Waals surface area contributed by atoms with Crippen molar-refractivity contribution in [2.45, 2.75) is 30.6 Å². The molecule has 138 valence electrons. The van der Waals surface area contributed by atoms with Crippen LogP contribution < -0.4 is 5.32 Å². The summed E-state index contributed by atoms with van der Waals surface area (Å²) >= 11 is 0. The molecule has 7 nitrogen and oxygen atoms in total. The molecule has 0 atom stereocenters. The van der Waals surface area contributed by atoms with Gasteiger partial charge in [0, 0.05) is 26.6 Å². The average molecular weight is 372 g/mol. The summed E-state index contributed by atoms with van der Waals surface area (Å²) in [5.41, 5.74) is -0.821. The highest BCUT2D eigenvalue weighted by Gasteiger charge is 2.50. The lowest BCUT2D eigenvalue weighted by Gasteiger charge is -2.17. The summed E-state index contributed by atoms with van der Waals surface area (Å²) in [6, 6.07) is 4.53. The number of sulfonamides is 1. The smallest absolute Gasteiger partial charge is 0.311 e. The lowest BCUT2D eigenvalue weighted by Crippen LogP contribution is -2.34. The lowest BCUT2D eigenvalue weighted by molar-refractivity contribution is -0.143. The van der Waals surface area contributed by atoms with Crippen LogP contribution in [0.25, 0.3) is 0 Å². The average Bonchev–Trinajstić information content (AvgIpc) is 3.34. The maximum absolute atomic E-state index is 12.9. The first-order chi connectivity index (χ1) is 11.7. The van der Waals surface area contributed by atoms with Gasteiger partial charge in [-0.25, -0.2) is 17.1 Å². The number of benzene rings is 1. The van der Waals surface area contributed by atoms with Gasteiger partial charge in [-0.05, 0) is 43.5 Å². The van der Waals surface area contributed by atoms with Crippen LogP contribution in [0, 0.1) is 11.2 Å². The van der Waals surface area contributed by atoms with Crippen LogP contribution in [0.3, 0.4) is 0 Å². The Morgan fingerprint density at radius 1 is 1.28 bits per heavy atom. The second-order valence-electron chi connectivity index (χ2n) is 6.25. The first-order valence-corrected chi connectivity index (χ1v) is 9.33. The normalized spacial score (nSPS) is 15.8. The molecule has 0 spiro atoms. The van der Waals surface area contributed by atoms with Gasteiger partial charge in [0.05, 0.1) is 10.3 Å². The predicted octanol–water partition coefficient (Wildman–Crippen LogP) is 1.21. The van der Waals surface area contributed by atoms with Crippen LogP contribution in [-0.4, -0.2) is 49.8 Å². The Labute approximate surface area is 145 Å². The van der Waals surface area contributed by atoms with E-state index in [0.717, 1.165) is 16.4 Å². The summed E-state index contributed by atoms with van der Waals surface area (Å²) in [4.78, 5) is 22.8. The highest BCUT2D eigenvalue weighted by atomic mass is 32.2. The third-order valence-corrected chi connectivity index (χ3v) is 6.20. The number of carbonyl (C=O) groups is 2. The van der Waals surface area contributed by atoms with Crippen LogP contribution in [-0.2, 0) is 19.6 Å². The summed E-state index contributed by atoms with van der Waals surface area (Å²) in [6.07, 6.45) is 1.50. The van der Waals surface area contributed by atoms with Gasteiger partial charge in [0.25, 0.3) is 0 Å². The fourth-order valence-electron chi connectivity index (χ4n) is 2.34. The van der Waals surface area contributed by atoms with Gasteiger partial charge < -0.3 is 10.4 Å². The van der Waals surface area contributed by atoms with Crippen LogP contribution in [0.15, 0.2) is 29.2 Å². The third kappa shape index (κ3) is 4.76. The van der Waals surface area contributed by atoms with Crippen molar-refractivity contribution in [3.05, 3.63) is 30.1 Å². The molecule has 0 bridgehead atoms. The fraction of sp³-hybridized carbons (Fsp3) is 0.500. The van der Waals surface area contributed by atoms with Crippen molar-refractivity contribution in [2.24, 2.45) is 5.41 Å². The summed E-state index contributed by atoms with van der Waals surface area (Å²) in [5, 5.41) is 11.6. The van der Waals surface area contributed by atoms with Crippen LogP contribution in [0.2, 0.25) is 0 Å². The molecule has 0 unspecified atom stereocenters. The number of carboxylic acids is 1. The number of hydrogen-bond donors (Lipinski definition) is 2. The highest BCUT2D eigenvalue weighted by molar-refractivity contribution is 7.89. The Morgan fingerprint density at radius 3 is 2.40 bits per heavy atom. The van der Waals surface area contributed by atoms with E-state index >= 15 is 0 Å². The summed E-state index contributed by atoms with van der Waals surface area (Å²) in [6.45, 7) is 0.224. The molecule has 1 fully saturated rings. The van der Waals surface area contributed by atoms with Crippen molar-refractivity contribution >= 4 is 21.9 Å². The maximum Gasteiger partial charge on any atom is 0.311 e. The Hall–Kier alpha value is -2.00. The standard InChI is InChI=1S/C16H21FN2O5S/c1-19(25(23,24)13-6-4-12(17)5-7-13)10-2-3-14(20)18-11-16(8-9-16)15(21)22/h4-7H,2-3,8-11H2,1H3,(H,18,20)(H,21,22). The zero-order chi connectivity index (χ0) is 18.7. The van der Waals surface area contributed by atoms with Crippen LogP contribution in [0.1, 0.15) is 25.7 Å². The van der Waals surface area contributed by atoms with E-state index in [1.807, 2.05) is 0 Å². The first-order valence-electron chi connectivity index (χ1n) is 7.89. The van der Waals surface area contributed by atoms with Crippen molar-refractivity contribution in [2.75, 3.05) is 20.1 Å². The van der Waals surface area contributed by atoms with E-state index in [2.05, 4.69) is 5.32 Å². The van der Waals surface area contributed by atoms with E-state index in [4.69, 9.17) is 5.11 Å². The van der Waals surface area contributed by atoms with Gasteiger partial charge in [-0.15, -0.1) is 0 Å². The number of carboxylic acid groups (broad SMARTS) is 1. The Kier molecular flexibility index (Phi) is 5.79. The maximum atomic E-state index is 12.9. The van der Waals surface area contributed by atoms with E-state index in [9.17, 15) is 22.4 Å². The number of aliphatic carboxylic acids is 1. The second-order valence-corrected chi connectivity index (χ2v) is 8.29. The van der Waals surface area contributed by atoms with Gasteiger partial charge in [0.2, 0.25) is 15.9 Å². The van der Waals surface area contributed by atoms with E-state index in [1.54, 1.807) is 0 Å². The summed E-state index contributed by atoms with van der Waals surface area (Å²) < 4.78 is 38.6. The minimum atomic E-state index is -3.73. The van der Waals surface area contributed by atoms with Gasteiger partial charge in [-0.3, -0.25) is 9.59 Å². The van der Waals surface area contributed by atoms with Gasteiger partial charge in [-0.1, -0.05) is 0 Å². The molecule has 0 aromatic heterocycles. The molecule has 1 aromatic rings. The number of carbonyl (C=O) groups excluding carboxylic acids is 1. The minimum absolute atomic E-state index is 0.0158. The molecule has 1 aromatic carbocycles. The molecule has 1 saturated carbocycles. The molecule has 1 amide bonds. The van der Waals surface area contributed by atoms with Gasteiger partial charge in [0.15, 0.2) is 0 Å². The van der Waals surface area contributed by atoms with Crippen molar-refractivity contribution in [1.82, 2.24) is 9.62 Å². The molecule has 0 saturated heterocycles. The Morgan fingerprint density at radius 2 is 1.88 bits per heavy atom. The SMILES string of the molecule is CN(CCCC(=O)NCC1(C(=O)O)CC1)S(=O)(=O)c1ccc(F)cc1. The zero-order valence-electron chi connectivity index (χ0n) is 13.9. The Bertz CT molecular complexity index is 744. The molecule has 0 aliphatic heterocycles. The topological polar surface area (TPSA) is 104 Å².